The van der Waals surface area contributed by atoms with Gasteiger partial charge in [-0.05, 0) is 37.7 Å². The molecule has 0 bridgehead atoms. The second-order valence-electron chi connectivity index (χ2n) is 4.63. The van der Waals surface area contributed by atoms with Gasteiger partial charge in [-0.15, -0.1) is 0 Å². The lowest BCUT2D eigenvalue weighted by molar-refractivity contribution is 0.0949. The summed E-state index contributed by atoms with van der Waals surface area (Å²) < 4.78 is 0. The number of hydrogen-bond donors (Lipinski definition) is 2. The minimum atomic E-state index is -0.0931. The third kappa shape index (κ3) is 5.02. The summed E-state index contributed by atoms with van der Waals surface area (Å²) in [7, 11) is 1.79. The predicted molar refractivity (Wildman–Crippen MR) is 85.7 cm³/mol. The lowest BCUT2D eigenvalue weighted by Gasteiger charge is -2.19. The highest BCUT2D eigenvalue weighted by molar-refractivity contribution is 6.31. The zero-order valence-corrected chi connectivity index (χ0v) is 13.3. The molecule has 0 radical (unpaired) electrons. The lowest BCUT2D eigenvalue weighted by atomic mass is 10.1. The molecule has 0 aromatic heterocycles. The summed E-state index contributed by atoms with van der Waals surface area (Å²) in [5.41, 5.74) is 1.37. The molecule has 0 saturated carbocycles. The molecule has 1 aromatic carbocycles. The zero-order valence-electron chi connectivity index (χ0n) is 12.5. The van der Waals surface area contributed by atoms with Gasteiger partial charge in [0.2, 0.25) is 0 Å². The summed E-state index contributed by atoms with van der Waals surface area (Å²) in [6.07, 6.45) is 1.12. The Hall–Kier alpha value is -1.26. The molecule has 112 valence electrons. The van der Waals surface area contributed by atoms with Crippen molar-refractivity contribution in [3.63, 3.8) is 0 Å². The van der Waals surface area contributed by atoms with Crippen molar-refractivity contribution in [3.05, 3.63) is 28.8 Å². The van der Waals surface area contributed by atoms with Crippen LogP contribution >= 0.6 is 11.6 Å². The number of likely N-dealkylation sites (N-methyl/N-ethyl adjacent to an activating group) is 1. The summed E-state index contributed by atoms with van der Waals surface area (Å²) in [6.45, 7) is 7.86. The van der Waals surface area contributed by atoms with Gasteiger partial charge < -0.3 is 15.5 Å². The summed E-state index contributed by atoms with van der Waals surface area (Å²) >= 11 is 5.95. The molecule has 1 aromatic rings. The molecular formula is C15H24ClN3O. The van der Waals surface area contributed by atoms with Crippen molar-refractivity contribution in [2.75, 3.05) is 38.5 Å². The Morgan fingerprint density at radius 2 is 2.05 bits per heavy atom. The highest BCUT2D eigenvalue weighted by Crippen LogP contribution is 2.20. The minimum absolute atomic E-state index is 0.0931. The average molecular weight is 298 g/mol. The number of carbonyl (C=O) groups is 1. The smallest absolute Gasteiger partial charge is 0.253 e. The molecule has 0 aliphatic heterocycles. The van der Waals surface area contributed by atoms with Crippen LogP contribution in [0.25, 0.3) is 0 Å². The van der Waals surface area contributed by atoms with Crippen molar-refractivity contribution in [1.82, 2.24) is 10.2 Å². The van der Waals surface area contributed by atoms with Crippen LogP contribution in [0.1, 0.15) is 30.6 Å². The van der Waals surface area contributed by atoms with E-state index >= 15 is 0 Å². The molecule has 2 N–H and O–H groups in total. The molecule has 1 amide bonds. The fourth-order valence-electron chi connectivity index (χ4n) is 2.09. The van der Waals surface area contributed by atoms with Crippen molar-refractivity contribution in [2.24, 2.45) is 0 Å². The Kier molecular flexibility index (Phi) is 7.41. The van der Waals surface area contributed by atoms with E-state index in [2.05, 4.69) is 29.4 Å². The Morgan fingerprint density at radius 1 is 1.30 bits per heavy atom. The Labute approximate surface area is 126 Å². The molecule has 0 aliphatic carbocycles. The molecule has 0 spiro atoms. The van der Waals surface area contributed by atoms with Crippen LogP contribution in [0.5, 0.6) is 0 Å². The first-order valence-corrected chi connectivity index (χ1v) is 7.48. The molecule has 20 heavy (non-hydrogen) atoms. The van der Waals surface area contributed by atoms with Crippen LogP contribution in [-0.2, 0) is 0 Å². The van der Waals surface area contributed by atoms with Crippen molar-refractivity contribution < 1.29 is 4.79 Å². The number of benzene rings is 1. The van der Waals surface area contributed by atoms with Gasteiger partial charge >= 0.3 is 0 Å². The maximum Gasteiger partial charge on any atom is 0.253 e. The average Bonchev–Trinajstić information content (AvgIpc) is 2.46. The van der Waals surface area contributed by atoms with Crippen LogP contribution < -0.4 is 10.6 Å². The van der Waals surface area contributed by atoms with E-state index in [1.807, 2.05) is 6.07 Å². The van der Waals surface area contributed by atoms with Crippen LogP contribution in [0.3, 0.4) is 0 Å². The fraction of sp³-hybridized carbons (Fsp3) is 0.533. The van der Waals surface area contributed by atoms with Crippen LogP contribution in [0, 0.1) is 0 Å². The Bertz CT molecular complexity index is 437. The van der Waals surface area contributed by atoms with E-state index in [-0.39, 0.29) is 5.91 Å². The third-order valence-electron chi connectivity index (χ3n) is 3.20. The molecule has 0 fully saturated rings. The standard InChI is InChI=1S/C15H24ClN3O/c1-4-9-19(5-2)10-8-18-15(20)13-11-12(16)6-7-14(13)17-3/h6-7,11,17H,4-5,8-10H2,1-3H3,(H,18,20). The first-order valence-electron chi connectivity index (χ1n) is 7.10. The second-order valence-corrected chi connectivity index (χ2v) is 5.07. The van der Waals surface area contributed by atoms with E-state index < -0.39 is 0 Å². The van der Waals surface area contributed by atoms with Crippen LogP contribution in [-0.4, -0.2) is 44.0 Å². The summed E-state index contributed by atoms with van der Waals surface area (Å²) in [6, 6.07) is 5.27. The molecule has 0 heterocycles. The summed E-state index contributed by atoms with van der Waals surface area (Å²) in [5, 5.41) is 6.51. The number of carbonyl (C=O) groups excluding carboxylic acids is 1. The van der Waals surface area contributed by atoms with Gasteiger partial charge in [0.1, 0.15) is 0 Å². The molecule has 0 unspecified atom stereocenters. The van der Waals surface area contributed by atoms with E-state index in [4.69, 9.17) is 11.6 Å². The Morgan fingerprint density at radius 3 is 2.65 bits per heavy atom. The predicted octanol–water partition coefficient (Wildman–Crippen LogP) is 2.84. The molecular weight excluding hydrogens is 274 g/mol. The zero-order chi connectivity index (χ0) is 15.0. The number of rotatable bonds is 8. The molecule has 0 atom stereocenters. The van der Waals surface area contributed by atoms with Gasteiger partial charge in [0, 0.05) is 30.8 Å². The Balaban J connectivity index is 2.56. The summed E-state index contributed by atoms with van der Waals surface area (Å²) in [4.78, 5) is 14.5. The van der Waals surface area contributed by atoms with Crippen molar-refractivity contribution in [2.45, 2.75) is 20.3 Å². The van der Waals surface area contributed by atoms with Crippen molar-refractivity contribution in [3.8, 4) is 0 Å². The van der Waals surface area contributed by atoms with Crippen LogP contribution in [0.15, 0.2) is 18.2 Å². The van der Waals surface area contributed by atoms with Gasteiger partial charge in [0.15, 0.2) is 0 Å². The highest BCUT2D eigenvalue weighted by atomic mass is 35.5. The molecule has 4 nitrogen and oxygen atoms in total. The van der Waals surface area contributed by atoms with Crippen LogP contribution in [0.2, 0.25) is 5.02 Å². The lowest BCUT2D eigenvalue weighted by Crippen LogP contribution is -2.35. The number of nitrogens with one attached hydrogen (secondary N) is 2. The van der Waals surface area contributed by atoms with Gasteiger partial charge in [-0.2, -0.15) is 0 Å². The van der Waals surface area contributed by atoms with Crippen LogP contribution in [0.4, 0.5) is 5.69 Å². The maximum atomic E-state index is 12.2. The van der Waals surface area contributed by atoms with Gasteiger partial charge in [0.05, 0.1) is 5.56 Å². The largest absolute Gasteiger partial charge is 0.387 e. The number of nitrogens with zero attached hydrogens (tertiary/aromatic N) is 1. The van der Waals surface area contributed by atoms with Gasteiger partial charge in [-0.3, -0.25) is 4.79 Å². The number of hydrogen-bond acceptors (Lipinski definition) is 3. The SMILES string of the molecule is CCCN(CC)CCNC(=O)c1cc(Cl)ccc1NC. The topological polar surface area (TPSA) is 44.4 Å². The highest BCUT2D eigenvalue weighted by Gasteiger charge is 2.11. The number of halogens is 1. The first kappa shape index (κ1) is 16.8. The fourth-order valence-corrected chi connectivity index (χ4v) is 2.26. The normalized spacial score (nSPS) is 10.7. The number of amides is 1. The first-order chi connectivity index (χ1) is 9.62. The summed E-state index contributed by atoms with van der Waals surface area (Å²) in [5.74, 6) is -0.0931. The third-order valence-corrected chi connectivity index (χ3v) is 3.43. The quantitative estimate of drug-likeness (QED) is 0.775. The molecule has 0 aliphatic rings. The van der Waals surface area contributed by atoms with Gasteiger partial charge in [-0.1, -0.05) is 25.4 Å². The van der Waals surface area contributed by atoms with Gasteiger partial charge in [0.25, 0.3) is 5.91 Å². The minimum Gasteiger partial charge on any atom is -0.387 e. The molecule has 1 rings (SSSR count). The van der Waals surface area contributed by atoms with E-state index in [9.17, 15) is 4.79 Å². The monoisotopic (exact) mass is 297 g/mol. The molecule has 5 heteroatoms. The van der Waals surface area contributed by atoms with E-state index in [1.54, 1.807) is 19.2 Å². The van der Waals surface area contributed by atoms with Gasteiger partial charge in [-0.25, -0.2) is 0 Å². The maximum absolute atomic E-state index is 12.2. The van der Waals surface area contributed by atoms with Crippen molar-refractivity contribution in [1.29, 1.82) is 0 Å². The van der Waals surface area contributed by atoms with Crippen molar-refractivity contribution >= 4 is 23.2 Å². The van der Waals surface area contributed by atoms with E-state index in [0.29, 0.717) is 17.1 Å². The second kappa shape index (κ2) is 8.82. The van der Waals surface area contributed by atoms with E-state index in [1.165, 1.54) is 0 Å². The van der Waals surface area contributed by atoms with E-state index in [0.717, 1.165) is 31.7 Å². The molecule has 0 saturated heterocycles. The number of anilines is 1.